The van der Waals surface area contributed by atoms with Crippen molar-refractivity contribution in [2.24, 2.45) is 0 Å². The van der Waals surface area contributed by atoms with Crippen LogP contribution in [-0.4, -0.2) is 55.4 Å². The van der Waals surface area contributed by atoms with Gasteiger partial charge in [0.2, 0.25) is 0 Å². The van der Waals surface area contributed by atoms with Crippen molar-refractivity contribution in [3.05, 3.63) is 28.0 Å². The molecule has 25 heavy (non-hydrogen) atoms. The van der Waals surface area contributed by atoms with Crippen molar-refractivity contribution in [2.45, 2.75) is 39.3 Å². The molecule has 1 aromatic heterocycles. The van der Waals surface area contributed by atoms with E-state index in [4.69, 9.17) is 4.74 Å². The largest absolute Gasteiger partial charge is 0.449 e. The summed E-state index contributed by atoms with van der Waals surface area (Å²) < 4.78 is 28.4. The summed E-state index contributed by atoms with van der Waals surface area (Å²) in [5.74, 6) is -0.885. The van der Waals surface area contributed by atoms with Crippen LogP contribution in [-0.2, 0) is 24.2 Å². The summed E-state index contributed by atoms with van der Waals surface area (Å²) in [7, 11) is -3.08. The number of amides is 1. The molecular weight excluding hydrogens is 362 g/mol. The molecule has 0 bridgehead atoms. The first-order valence-corrected chi connectivity index (χ1v) is 10.8. The molecule has 0 saturated carbocycles. The number of rotatable bonds is 6. The van der Waals surface area contributed by atoms with Crippen molar-refractivity contribution in [3.63, 3.8) is 0 Å². The highest BCUT2D eigenvalue weighted by Gasteiger charge is 2.36. The Labute approximate surface area is 152 Å². The number of carbonyl (C=O) groups excluding carboxylic acids is 2. The summed E-state index contributed by atoms with van der Waals surface area (Å²) in [5, 5.41) is 0. The maximum Gasteiger partial charge on any atom is 0.331 e. The Morgan fingerprint density at radius 2 is 2.16 bits per heavy atom. The third kappa shape index (κ3) is 5.40. The van der Waals surface area contributed by atoms with Gasteiger partial charge in [-0.3, -0.25) is 4.79 Å². The maximum atomic E-state index is 12.5. The van der Waals surface area contributed by atoms with Crippen LogP contribution in [0.3, 0.4) is 0 Å². The number of aryl methyl sites for hydroxylation is 1. The van der Waals surface area contributed by atoms with Gasteiger partial charge in [-0.1, -0.05) is 0 Å². The summed E-state index contributed by atoms with van der Waals surface area (Å²) in [5.41, 5.74) is 0. The first-order valence-electron chi connectivity index (χ1n) is 8.18. The first kappa shape index (κ1) is 19.7. The summed E-state index contributed by atoms with van der Waals surface area (Å²) in [4.78, 5) is 28.0. The number of hydrogen-bond donors (Lipinski definition) is 0. The minimum atomic E-state index is -3.08. The van der Waals surface area contributed by atoms with Crippen LogP contribution in [0.1, 0.15) is 30.0 Å². The van der Waals surface area contributed by atoms with Gasteiger partial charge >= 0.3 is 5.97 Å². The molecule has 1 aromatic rings. The minimum Gasteiger partial charge on any atom is -0.449 e. The third-order valence-electron chi connectivity index (χ3n) is 4.06. The normalized spacial score (nSPS) is 20.5. The van der Waals surface area contributed by atoms with Crippen LogP contribution in [0.4, 0.5) is 0 Å². The summed E-state index contributed by atoms with van der Waals surface area (Å²) in [6.45, 7) is 5.65. The number of nitrogens with zero attached hydrogens (tertiary/aromatic N) is 1. The molecule has 1 amide bonds. The van der Waals surface area contributed by atoms with E-state index >= 15 is 0 Å². The van der Waals surface area contributed by atoms with Crippen LogP contribution >= 0.6 is 11.3 Å². The monoisotopic (exact) mass is 385 g/mol. The van der Waals surface area contributed by atoms with Gasteiger partial charge in [0.15, 0.2) is 15.9 Å². The molecule has 8 heteroatoms. The second kappa shape index (κ2) is 8.14. The second-order valence-corrected chi connectivity index (χ2v) is 9.59. The highest BCUT2D eigenvalue weighted by Crippen LogP contribution is 2.19. The number of sulfone groups is 1. The van der Waals surface area contributed by atoms with Gasteiger partial charge in [0, 0.05) is 28.4 Å². The van der Waals surface area contributed by atoms with Gasteiger partial charge in [-0.15, -0.1) is 11.3 Å². The Hall–Kier alpha value is -1.67. The van der Waals surface area contributed by atoms with Crippen molar-refractivity contribution in [3.8, 4) is 0 Å². The lowest BCUT2D eigenvalue weighted by molar-refractivity contribution is -0.156. The van der Waals surface area contributed by atoms with Crippen LogP contribution in [0.2, 0.25) is 0 Å². The van der Waals surface area contributed by atoms with E-state index in [1.807, 2.05) is 19.1 Å². The smallest absolute Gasteiger partial charge is 0.331 e. The predicted molar refractivity (Wildman–Crippen MR) is 98.1 cm³/mol. The summed E-state index contributed by atoms with van der Waals surface area (Å²) in [6, 6.07) is 3.52. The van der Waals surface area contributed by atoms with Crippen molar-refractivity contribution >= 4 is 39.1 Å². The van der Waals surface area contributed by atoms with E-state index in [0.29, 0.717) is 13.0 Å². The Kier molecular flexibility index (Phi) is 6.40. The van der Waals surface area contributed by atoms with Crippen LogP contribution in [0.25, 0.3) is 6.08 Å². The highest BCUT2D eigenvalue weighted by molar-refractivity contribution is 7.91. The number of likely N-dealkylation sites (N-methyl/N-ethyl adjacent to an activating group) is 1. The quantitative estimate of drug-likeness (QED) is 0.553. The molecule has 0 radical (unpaired) electrons. The fourth-order valence-electron chi connectivity index (χ4n) is 2.81. The summed E-state index contributed by atoms with van der Waals surface area (Å²) >= 11 is 1.55. The zero-order chi connectivity index (χ0) is 18.6. The Morgan fingerprint density at radius 1 is 1.44 bits per heavy atom. The van der Waals surface area contributed by atoms with E-state index in [1.54, 1.807) is 24.3 Å². The van der Waals surface area contributed by atoms with Crippen LogP contribution in [0.15, 0.2) is 18.2 Å². The lowest BCUT2D eigenvalue weighted by Crippen LogP contribution is -2.46. The Morgan fingerprint density at radius 3 is 2.68 bits per heavy atom. The number of hydrogen-bond acceptors (Lipinski definition) is 6. The van der Waals surface area contributed by atoms with Crippen LogP contribution < -0.4 is 0 Å². The van der Waals surface area contributed by atoms with Crippen molar-refractivity contribution < 1.29 is 22.7 Å². The van der Waals surface area contributed by atoms with Crippen molar-refractivity contribution in [2.75, 3.05) is 18.1 Å². The number of thiophene rings is 1. The molecule has 2 heterocycles. The Bertz CT molecular complexity index is 766. The molecule has 6 nitrogen and oxygen atoms in total. The number of ether oxygens (including phenoxy) is 1. The predicted octanol–water partition coefficient (Wildman–Crippen LogP) is 2.04. The van der Waals surface area contributed by atoms with E-state index in [-0.39, 0.29) is 23.5 Å². The molecule has 0 N–H and O–H groups in total. The maximum absolute atomic E-state index is 12.5. The molecule has 0 aromatic carbocycles. The fraction of sp³-hybridized carbons (Fsp3) is 0.529. The topological polar surface area (TPSA) is 80.8 Å². The fourth-order valence-corrected chi connectivity index (χ4v) is 5.32. The molecule has 0 aliphatic carbocycles. The van der Waals surface area contributed by atoms with Crippen LogP contribution in [0.5, 0.6) is 0 Å². The van der Waals surface area contributed by atoms with Gasteiger partial charge in [-0.25, -0.2) is 13.2 Å². The minimum absolute atomic E-state index is 0.0229. The molecule has 1 aliphatic rings. The average molecular weight is 386 g/mol. The molecule has 2 rings (SSSR count). The molecule has 0 spiro atoms. The zero-order valence-electron chi connectivity index (χ0n) is 14.6. The summed E-state index contributed by atoms with van der Waals surface area (Å²) in [6.07, 6.45) is 2.43. The first-order chi connectivity index (χ1) is 11.7. The highest BCUT2D eigenvalue weighted by atomic mass is 32.2. The van der Waals surface area contributed by atoms with Crippen LogP contribution in [0, 0.1) is 6.92 Å². The number of carbonyl (C=O) groups is 2. The lowest BCUT2D eigenvalue weighted by atomic mass is 10.2. The SMILES string of the molecule is CCN(C(=O)[C@H](C)OC(=O)/C=C/c1ccc(C)s1)[C@H]1CCS(=O)(=O)C1. The van der Waals surface area contributed by atoms with Gasteiger partial charge in [0.1, 0.15) is 0 Å². The van der Waals surface area contributed by atoms with Gasteiger partial charge < -0.3 is 9.64 Å². The van der Waals surface area contributed by atoms with Gasteiger partial charge in [0.25, 0.3) is 5.91 Å². The van der Waals surface area contributed by atoms with Crippen molar-refractivity contribution in [1.82, 2.24) is 4.90 Å². The molecule has 0 unspecified atom stereocenters. The molecule has 1 fully saturated rings. The third-order valence-corrected chi connectivity index (χ3v) is 6.77. The van der Waals surface area contributed by atoms with E-state index in [9.17, 15) is 18.0 Å². The van der Waals surface area contributed by atoms with Gasteiger partial charge in [-0.05, 0) is 45.4 Å². The molecule has 138 valence electrons. The molecule has 2 atom stereocenters. The van der Waals surface area contributed by atoms with E-state index in [0.717, 1.165) is 9.75 Å². The van der Waals surface area contributed by atoms with Crippen molar-refractivity contribution in [1.29, 1.82) is 0 Å². The molecular formula is C17H23NO5S2. The van der Waals surface area contributed by atoms with Gasteiger partial charge in [-0.2, -0.15) is 0 Å². The van der Waals surface area contributed by atoms with Gasteiger partial charge in [0.05, 0.1) is 11.5 Å². The Balaban J connectivity index is 1.94. The molecule has 1 saturated heterocycles. The number of esters is 1. The van der Waals surface area contributed by atoms with E-state index in [1.165, 1.54) is 17.9 Å². The molecule has 1 aliphatic heterocycles. The second-order valence-electron chi connectivity index (χ2n) is 6.04. The average Bonchev–Trinajstić information content (AvgIpc) is 3.11. The van der Waals surface area contributed by atoms with E-state index in [2.05, 4.69) is 0 Å². The van der Waals surface area contributed by atoms with E-state index < -0.39 is 21.9 Å². The lowest BCUT2D eigenvalue weighted by Gasteiger charge is -2.29. The zero-order valence-corrected chi connectivity index (χ0v) is 16.2. The standard InChI is InChI=1S/C17H23NO5S2/c1-4-18(14-9-10-25(21,22)11-14)17(20)13(3)23-16(19)8-7-15-6-5-12(2)24-15/h5-8,13-14H,4,9-11H2,1-3H3/b8-7+/t13-,14-/m0/s1.